The molecular formula is C41H43N7O2. The van der Waals surface area contributed by atoms with E-state index in [0.717, 1.165) is 95.2 Å². The van der Waals surface area contributed by atoms with Crippen molar-refractivity contribution >= 4 is 39.2 Å². The Balaban J connectivity index is 1.14. The molecule has 9 nitrogen and oxygen atoms in total. The third kappa shape index (κ3) is 6.02. The molecule has 2 aliphatic heterocycles. The van der Waals surface area contributed by atoms with Gasteiger partial charge in [0.1, 0.15) is 5.82 Å². The number of piperazine rings is 1. The third-order valence-electron chi connectivity index (χ3n) is 10.8. The summed E-state index contributed by atoms with van der Waals surface area (Å²) in [5, 5.41) is 4.42. The van der Waals surface area contributed by atoms with Crippen molar-refractivity contribution in [3.05, 3.63) is 120 Å². The molecule has 2 saturated heterocycles. The van der Waals surface area contributed by atoms with E-state index in [0.29, 0.717) is 24.6 Å². The summed E-state index contributed by atoms with van der Waals surface area (Å²) in [7, 11) is 2.14. The number of primary amides is 1. The molecule has 254 valence electrons. The predicted octanol–water partition coefficient (Wildman–Crippen LogP) is 6.57. The molecule has 4 heterocycles. The van der Waals surface area contributed by atoms with E-state index >= 15 is 0 Å². The largest absolute Gasteiger partial charge is 0.365 e. The summed E-state index contributed by atoms with van der Waals surface area (Å²) in [6.07, 6.45) is 8.41. The summed E-state index contributed by atoms with van der Waals surface area (Å²) in [6, 6.07) is 28.6. The van der Waals surface area contributed by atoms with Gasteiger partial charge in [-0.3, -0.25) is 9.59 Å². The average Bonchev–Trinajstić information content (AvgIpc) is 3.83. The Bertz CT molecular complexity index is 2150. The van der Waals surface area contributed by atoms with E-state index in [1.165, 1.54) is 0 Å². The molecule has 2 amide bonds. The summed E-state index contributed by atoms with van der Waals surface area (Å²) in [5.74, 6) is 0.902. The second-order valence-corrected chi connectivity index (χ2v) is 13.9. The van der Waals surface area contributed by atoms with Crippen LogP contribution in [0.1, 0.15) is 51.7 Å². The minimum atomic E-state index is -0.426. The Labute approximate surface area is 292 Å². The molecule has 2 aliphatic rings. The van der Waals surface area contributed by atoms with Gasteiger partial charge in [-0.1, -0.05) is 72.8 Å². The number of H-pyrrole nitrogens is 1. The van der Waals surface area contributed by atoms with Gasteiger partial charge in [0.2, 0.25) is 0 Å². The highest BCUT2D eigenvalue weighted by Crippen LogP contribution is 2.42. The maximum absolute atomic E-state index is 13.6. The molecule has 2 aromatic heterocycles. The van der Waals surface area contributed by atoms with Crippen LogP contribution in [0.3, 0.4) is 0 Å². The highest BCUT2D eigenvalue weighted by Gasteiger charge is 2.34. The van der Waals surface area contributed by atoms with E-state index in [4.69, 9.17) is 5.73 Å². The lowest BCUT2D eigenvalue weighted by Gasteiger charge is -2.37. The number of imidazole rings is 1. The van der Waals surface area contributed by atoms with Crippen molar-refractivity contribution < 1.29 is 9.59 Å². The number of nitrogens with one attached hydrogen (secondary N) is 1. The van der Waals surface area contributed by atoms with Gasteiger partial charge in [-0.2, -0.15) is 0 Å². The van der Waals surface area contributed by atoms with Gasteiger partial charge in [0.25, 0.3) is 11.8 Å². The maximum Gasteiger partial charge on any atom is 0.253 e. The Morgan fingerprint density at radius 1 is 0.840 bits per heavy atom. The number of piperidine rings is 1. The quantitative estimate of drug-likeness (QED) is 0.192. The highest BCUT2D eigenvalue weighted by atomic mass is 16.2. The third-order valence-corrected chi connectivity index (χ3v) is 10.8. The Morgan fingerprint density at radius 2 is 1.56 bits per heavy atom. The Morgan fingerprint density at radius 3 is 2.30 bits per heavy atom. The Kier molecular flexibility index (Phi) is 8.58. The number of hydrogen-bond acceptors (Lipinski definition) is 5. The minimum absolute atomic E-state index is 0.0907. The van der Waals surface area contributed by atoms with Crippen molar-refractivity contribution in [3.63, 3.8) is 0 Å². The fourth-order valence-electron chi connectivity index (χ4n) is 8.03. The van der Waals surface area contributed by atoms with Crippen molar-refractivity contribution in [2.45, 2.75) is 25.3 Å². The number of rotatable bonds is 8. The van der Waals surface area contributed by atoms with Gasteiger partial charge in [0, 0.05) is 56.6 Å². The van der Waals surface area contributed by atoms with Crippen molar-refractivity contribution in [2.24, 2.45) is 11.7 Å². The number of likely N-dealkylation sites (tertiary alicyclic amines) is 1. The van der Waals surface area contributed by atoms with E-state index in [2.05, 4.69) is 80.0 Å². The fraction of sp³-hybridized carbons (Fsp3) is 0.293. The first-order chi connectivity index (χ1) is 24.4. The molecule has 1 atom stereocenters. The highest BCUT2D eigenvalue weighted by molar-refractivity contribution is 6.09. The zero-order valence-electron chi connectivity index (χ0n) is 28.5. The number of carbonyl (C=O) groups excluding carboxylic acids is 2. The normalized spacial score (nSPS) is 16.7. The van der Waals surface area contributed by atoms with Crippen LogP contribution in [0.25, 0.3) is 32.7 Å². The van der Waals surface area contributed by atoms with Gasteiger partial charge in [0.05, 0.1) is 29.8 Å². The molecule has 0 radical (unpaired) electrons. The first kappa shape index (κ1) is 31.8. The van der Waals surface area contributed by atoms with Gasteiger partial charge in [-0.25, -0.2) is 4.98 Å². The number of benzene rings is 4. The Hall–Kier alpha value is -5.41. The van der Waals surface area contributed by atoms with Crippen LogP contribution in [0.2, 0.25) is 0 Å². The molecule has 0 aliphatic carbocycles. The molecule has 6 aromatic rings. The second kappa shape index (κ2) is 13.5. The van der Waals surface area contributed by atoms with Crippen LogP contribution in [0.4, 0.5) is 5.82 Å². The zero-order valence-corrected chi connectivity index (χ0v) is 28.5. The number of nitrogens with two attached hydrogens (primary N) is 1. The van der Waals surface area contributed by atoms with Crippen LogP contribution < -0.4 is 10.6 Å². The summed E-state index contributed by atoms with van der Waals surface area (Å²) in [6.45, 7) is 4.78. The number of amides is 2. The summed E-state index contributed by atoms with van der Waals surface area (Å²) in [5.41, 5.74) is 10.5. The van der Waals surface area contributed by atoms with Crippen LogP contribution >= 0.6 is 0 Å². The van der Waals surface area contributed by atoms with Crippen LogP contribution in [0.5, 0.6) is 0 Å². The average molecular weight is 666 g/mol. The number of hydrogen-bond donors (Lipinski definition) is 2. The van der Waals surface area contributed by atoms with Gasteiger partial charge >= 0.3 is 0 Å². The van der Waals surface area contributed by atoms with Gasteiger partial charge in [0.15, 0.2) is 0 Å². The van der Waals surface area contributed by atoms with Crippen LogP contribution in [-0.2, 0) is 0 Å². The van der Waals surface area contributed by atoms with Crippen molar-refractivity contribution in [1.82, 2.24) is 24.3 Å². The van der Waals surface area contributed by atoms with Crippen LogP contribution in [-0.4, -0.2) is 82.5 Å². The number of fused-ring (bicyclic) bond motifs is 2. The number of aromatic nitrogens is 3. The van der Waals surface area contributed by atoms with Gasteiger partial charge in [-0.05, 0) is 71.5 Å². The standard InChI is InChI=1S/C41H43N7O2/c1-45-19-21-46(22-20-45)40-38(39(42)49)35(34-12-6-10-30-8-4-5-11-33(30)34)26-48(40)37(36-25-43-27-44-36)23-28-15-17-47(18-16-28)41(50)32-14-13-29-7-2-3-9-31(29)24-32/h2-14,24-28,37H,15-23H2,1H3,(H2,42,49)(H,43,44). The van der Waals surface area contributed by atoms with E-state index in [-0.39, 0.29) is 11.9 Å². The first-order valence-corrected chi connectivity index (χ1v) is 17.7. The molecule has 9 heteroatoms. The van der Waals surface area contributed by atoms with Crippen LogP contribution in [0, 0.1) is 5.92 Å². The van der Waals surface area contributed by atoms with Crippen molar-refractivity contribution in [1.29, 1.82) is 0 Å². The van der Waals surface area contributed by atoms with E-state index in [1.54, 1.807) is 6.33 Å². The monoisotopic (exact) mass is 665 g/mol. The number of carbonyl (C=O) groups is 2. The molecule has 8 rings (SSSR count). The molecule has 3 N–H and O–H groups in total. The van der Waals surface area contributed by atoms with Crippen molar-refractivity contribution in [2.75, 3.05) is 51.2 Å². The van der Waals surface area contributed by atoms with E-state index in [1.807, 2.05) is 53.6 Å². The molecule has 0 bridgehead atoms. The lowest BCUT2D eigenvalue weighted by atomic mass is 9.88. The number of likely N-dealkylation sites (N-methyl/N-ethyl adjacent to an activating group) is 1. The fourth-order valence-corrected chi connectivity index (χ4v) is 8.03. The lowest BCUT2D eigenvalue weighted by molar-refractivity contribution is 0.0682. The zero-order chi connectivity index (χ0) is 34.2. The predicted molar refractivity (Wildman–Crippen MR) is 200 cm³/mol. The number of anilines is 1. The van der Waals surface area contributed by atoms with E-state index < -0.39 is 5.91 Å². The first-order valence-electron chi connectivity index (χ1n) is 17.7. The van der Waals surface area contributed by atoms with Gasteiger partial charge in [-0.15, -0.1) is 0 Å². The van der Waals surface area contributed by atoms with Gasteiger partial charge < -0.3 is 30.0 Å². The summed E-state index contributed by atoms with van der Waals surface area (Å²) >= 11 is 0. The van der Waals surface area contributed by atoms with E-state index in [9.17, 15) is 9.59 Å². The number of aromatic amines is 1. The molecule has 0 spiro atoms. The lowest BCUT2D eigenvalue weighted by Crippen LogP contribution is -2.46. The molecule has 1 unspecified atom stereocenters. The molecule has 50 heavy (non-hydrogen) atoms. The minimum Gasteiger partial charge on any atom is -0.365 e. The summed E-state index contributed by atoms with van der Waals surface area (Å²) < 4.78 is 2.29. The van der Waals surface area contributed by atoms with Crippen LogP contribution in [0.15, 0.2) is 104 Å². The smallest absolute Gasteiger partial charge is 0.253 e. The molecule has 2 fully saturated rings. The summed E-state index contributed by atoms with van der Waals surface area (Å²) in [4.78, 5) is 41.7. The SMILES string of the molecule is CN1CCN(c2c(C(N)=O)c(-c3cccc4ccccc34)cn2C(CC2CCN(C(=O)c3ccc4ccccc4c3)CC2)c2cnc[nH]2)CC1. The molecular weight excluding hydrogens is 622 g/mol. The maximum atomic E-state index is 13.6. The number of nitrogens with zero attached hydrogens (tertiary/aromatic N) is 5. The second-order valence-electron chi connectivity index (χ2n) is 13.9. The molecule has 4 aromatic carbocycles. The molecule has 0 saturated carbocycles. The van der Waals surface area contributed by atoms with Crippen molar-refractivity contribution in [3.8, 4) is 11.1 Å². The topological polar surface area (TPSA) is 103 Å².